The molecule has 256 valence electrons. The zero-order chi connectivity index (χ0) is 33.3. The molecule has 4 fully saturated rings. The number of rotatable bonds is 14. The number of nitrogens with zero attached hydrogens (tertiary/aromatic N) is 3. The Bertz CT molecular complexity index is 1290. The van der Waals surface area contributed by atoms with Crippen molar-refractivity contribution in [2.75, 3.05) is 13.6 Å². The van der Waals surface area contributed by atoms with Crippen molar-refractivity contribution in [2.24, 2.45) is 17.8 Å². The highest BCUT2D eigenvalue weighted by molar-refractivity contribution is 6.38. The van der Waals surface area contributed by atoms with Gasteiger partial charge in [-0.05, 0) is 69.6 Å². The molecule has 3 aliphatic carbocycles. The molecule has 1 saturated heterocycles. The number of Topliss-reactive ketones (excluding diaryl/α,β-unsaturated/α-hetero) is 1. The molecule has 13 heteroatoms. The van der Waals surface area contributed by atoms with E-state index in [-0.39, 0.29) is 41.8 Å². The maximum Gasteiger partial charge on any atom is 0.289 e. The number of carbonyl (C=O) groups is 6. The smallest absolute Gasteiger partial charge is 0.289 e. The zero-order valence-electron chi connectivity index (χ0n) is 27.4. The standard InChI is InChI=1S/C34H49N7O6/c1-41(34(47)28(22-10-3-2-4-11-22)40-31(44)26-20-35-16-17-36-26)27(18-21-8-5-9-21)32(45)39-25(19-23-12-7-15-37-30(23)43)29(42)33(46)38-24-13-6-14-24/h16-17,20-25,27-28H,2-15,18-19H2,1H3,(H,37,43)(H,38,46)(H,39,45)(H,40,44)/t23-,25-,27-,28+/m0/s1. The van der Waals surface area contributed by atoms with Crippen LogP contribution in [0, 0.1) is 17.8 Å². The number of hydrogen-bond donors (Lipinski definition) is 4. The van der Waals surface area contributed by atoms with Gasteiger partial charge in [-0.2, -0.15) is 0 Å². The molecule has 1 aliphatic heterocycles. The largest absolute Gasteiger partial charge is 0.356 e. The molecule has 13 nitrogen and oxygen atoms in total. The normalized spacial score (nSPS) is 22.3. The molecule has 3 saturated carbocycles. The van der Waals surface area contributed by atoms with Crippen molar-refractivity contribution in [1.29, 1.82) is 0 Å². The van der Waals surface area contributed by atoms with E-state index in [4.69, 9.17) is 0 Å². The zero-order valence-corrected chi connectivity index (χ0v) is 27.4. The first-order chi connectivity index (χ1) is 22.7. The Morgan fingerprint density at radius 2 is 1.64 bits per heavy atom. The lowest BCUT2D eigenvalue weighted by Gasteiger charge is -2.38. The lowest BCUT2D eigenvalue weighted by molar-refractivity contribution is -0.145. The van der Waals surface area contributed by atoms with E-state index >= 15 is 0 Å². The summed E-state index contributed by atoms with van der Waals surface area (Å²) in [6.07, 6.45) is 15.8. The first-order valence-corrected chi connectivity index (χ1v) is 17.5. The van der Waals surface area contributed by atoms with Crippen molar-refractivity contribution in [3.63, 3.8) is 0 Å². The minimum Gasteiger partial charge on any atom is -0.356 e. The van der Waals surface area contributed by atoms with Gasteiger partial charge in [-0.3, -0.25) is 33.8 Å². The van der Waals surface area contributed by atoms with E-state index in [0.717, 1.165) is 77.0 Å². The maximum absolute atomic E-state index is 14.3. The number of aromatic nitrogens is 2. The molecule has 5 rings (SSSR count). The maximum atomic E-state index is 14.3. The Morgan fingerprint density at radius 1 is 0.894 bits per heavy atom. The van der Waals surface area contributed by atoms with Gasteiger partial charge >= 0.3 is 0 Å². The average Bonchev–Trinajstić information content (AvgIpc) is 3.05. The number of likely N-dealkylation sites (N-methyl/N-ethyl adjacent to an activating group) is 1. The molecular formula is C34H49N7O6. The Kier molecular flexibility index (Phi) is 11.9. The van der Waals surface area contributed by atoms with Crippen molar-refractivity contribution in [3.8, 4) is 0 Å². The summed E-state index contributed by atoms with van der Waals surface area (Å²) in [4.78, 5) is 90.3. The molecule has 0 spiro atoms. The van der Waals surface area contributed by atoms with Crippen molar-refractivity contribution in [2.45, 2.75) is 120 Å². The summed E-state index contributed by atoms with van der Waals surface area (Å²) in [5.41, 5.74) is 0.0980. The van der Waals surface area contributed by atoms with Gasteiger partial charge in [-0.1, -0.05) is 38.5 Å². The minimum atomic E-state index is -1.21. The molecule has 0 bridgehead atoms. The fraction of sp³-hybridized carbons (Fsp3) is 0.706. The molecule has 4 atom stereocenters. The van der Waals surface area contributed by atoms with Gasteiger partial charge in [0, 0.05) is 37.9 Å². The first-order valence-electron chi connectivity index (χ1n) is 17.5. The molecule has 4 N–H and O–H groups in total. The molecule has 2 heterocycles. The first kappa shape index (κ1) is 34.4. The van der Waals surface area contributed by atoms with Crippen molar-refractivity contribution in [1.82, 2.24) is 36.1 Å². The minimum absolute atomic E-state index is 0.00116. The van der Waals surface area contributed by atoms with Gasteiger partial charge in [0.05, 0.1) is 12.2 Å². The predicted molar refractivity (Wildman–Crippen MR) is 171 cm³/mol. The summed E-state index contributed by atoms with van der Waals surface area (Å²) in [5.74, 6) is -3.58. The Hall–Kier alpha value is -3.90. The van der Waals surface area contributed by atoms with Crippen LogP contribution in [0.15, 0.2) is 18.6 Å². The number of carbonyl (C=O) groups excluding carboxylic acids is 6. The molecule has 5 amide bonds. The summed E-state index contributed by atoms with van der Waals surface area (Å²) < 4.78 is 0. The molecule has 0 radical (unpaired) electrons. The summed E-state index contributed by atoms with van der Waals surface area (Å²) in [7, 11) is 1.57. The van der Waals surface area contributed by atoms with Gasteiger partial charge in [-0.15, -0.1) is 0 Å². The summed E-state index contributed by atoms with van der Waals surface area (Å²) >= 11 is 0. The van der Waals surface area contributed by atoms with Gasteiger partial charge in [0.2, 0.25) is 23.5 Å². The van der Waals surface area contributed by atoms with Gasteiger partial charge in [0.1, 0.15) is 17.8 Å². The van der Waals surface area contributed by atoms with Crippen LogP contribution in [0.2, 0.25) is 0 Å². The number of ketones is 1. The van der Waals surface area contributed by atoms with Crippen LogP contribution in [-0.4, -0.2) is 87.9 Å². The highest BCUT2D eigenvalue weighted by Crippen LogP contribution is 2.33. The van der Waals surface area contributed by atoms with Gasteiger partial charge in [0.15, 0.2) is 0 Å². The van der Waals surface area contributed by atoms with E-state index in [1.807, 2.05) is 0 Å². The second-order valence-corrected chi connectivity index (χ2v) is 13.8. The predicted octanol–water partition coefficient (Wildman–Crippen LogP) is 1.81. The average molecular weight is 652 g/mol. The van der Waals surface area contributed by atoms with Crippen molar-refractivity contribution >= 4 is 35.3 Å². The molecule has 47 heavy (non-hydrogen) atoms. The van der Waals surface area contributed by atoms with Crippen LogP contribution < -0.4 is 21.3 Å². The highest BCUT2D eigenvalue weighted by atomic mass is 16.2. The fourth-order valence-corrected chi connectivity index (χ4v) is 7.15. The molecule has 1 aromatic rings. The topological polar surface area (TPSA) is 180 Å². The van der Waals surface area contributed by atoms with E-state index in [9.17, 15) is 28.8 Å². The van der Waals surface area contributed by atoms with E-state index in [2.05, 4.69) is 31.2 Å². The lowest BCUT2D eigenvalue weighted by Crippen LogP contribution is -2.59. The third-order valence-electron chi connectivity index (χ3n) is 10.6. The molecule has 0 aromatic carbocycles. The third kappa shape index (κ3) is 8.92. The molecule has 1 aromatic heterocycles. The van der Waals surface area contributed by atoms with Crippen LogP contribution in [0.3, 0.4) is 0 Å². The van der Waals surface area contributed by atoms with E-state index < -0.39 is 47.5 Å². The molecule has 0 unspecified atom stereocenters. The Labute approximate surface area is 276 Å². The quantitative estimate of drug-likeness (QED) is 0.220. The van der Waals surface area contributed by atoms with Gasteiger partial charge in [0.25, 0.3) is 11.8 Å². The second-order valence-electron chi connectivity index (χ2n) is 13.8. The number of amides is 5. The second kappa shape index (κ2) is 16.3. The monoisotopic (exact) mass is 651 g/mol. The lowest BCUT2D eigenvalue weighted by atomic mass is 9.79. The van der Waals surface area contributed by atoms with Crippen LogP contribution in [0.4, 0.5) is 0 Å². The van der Waals surface area contributed by atoms with E-state index in [1.54, 1.807) is 7.05 Å². The van der Waals surface area contributed by atoms with Crippen LogP contribution in [-0.2, 0) is 24.0 Å². The van der Waals surface area contributed by atoms with Crippen LogP contribution >= 0.6 is 0 Å². The third-order valence-corrected chi connectivity index (χ3v) is 10.6. The summed E-state index contributed by atoms with van der Waals surface area (Å²) in [6, 6.07) is -3.08. The summed E-state index contributed by atoms with van der Waals surface area (Å²) in [5, 5.41) is 11.3. The SMILES string of the molecule is CN(C(=O)[C@H](NC(=O)c1cnccn1)C1CCCCC1)[C@@H](CC1CCC1)C(=O)N[C@@H](C[C@@H]1CCCNC1=O)C(=O)C(=O)NC1CCC1. The molecule has 4 aliphatic rings. The number of hydrogen-bond acceptors (Lipinski definition) is 8. The van der Waals surface area contributed by atoms with Crippen LogP contribution in [0.25, 0.3) is 0 Å². The van der Waals surface area contributed by atoms with Crippen molar-refractivity contribution in [3.05, 3.63) is 24.3 Å². The highest BCUT2D eigenvalue weighted by Gasteiger charge is 2.41. The van der Waals surface area contributed by atoms with E-state index in [0.29, 0.717) is 19.4 Å². The van der Waals surface area contributed by atoms with Crippen molar-refractivity contribution < 1.29 is 28.8 Å². The molecular weight excluding hydrogens is 602 g/mol. The van der Waals surface area contributed by atoms with Gasteiger partial charge < -0.3 is 26.2 Å². The number of nitrogens with one attached hydrogen (secondary N) is 4. The van der Waals surface area contributed by atoms with Crippen LogP contribution in [0.1, 0.15) is 107 Å². The summed E-state index contributed by atoms with van der Waals surface area (Å²) in [6.45, 7) is 0.550. The number of piperidine rings is 1. The van der Waals surface area contributed by atoms with Crippen LogP contribution in [0.5, 0.6) is 0 Å². The van der Waals surface area contributed by atoms with Gasteiger partial charge in [-0.25, -0.2) is 4.98 Å². The Balaban J connectivity index is 1.36. The van der Waals surface area contributed by atoms with E-state index in [1.165, 1.54) is 23.5 Å². The Morgan fingerprint density at radius 3 is 2.26 bits per heavy atom. The fourth-order valence-electron chi connectivity index (χ4n) is 7.15.